The van der Waals surface area contributed by atoms with Crippen molar-refractivity contribution in [3.63, 3.8) is 0 Å². The standard InChI is InChI=1S/C19H18ClN3O/c1-13(2)23(16-8-6-15(20)7-9-16)19(24)22-18-5-3-4-14-12-21-11-10-17(14)18/h3-13H,1-2H3,(H,22,24). The molecule has 0 unspecified atom stereocenters. The van der Waals surface area contributed by atoms with Gasteiger partial charge in [-0.05, 0) is 50.2 Å². The number of amides is 2. The quantitative estimate of drug-likeness (QED) is 0.700. The van der Waals surface area contributed by atoms with E-state index in [-0.39, 0.29) is 12.1 Å². The van der Waals surface area contributed by atoms with E-state index in [2.05, 4.69) is 10.3 Å². The Kier molecular flexibility index (Phi) is 4.67. The number of pyridine rings is 1. The Balaban J connectivity index is 1.92. The highest BCUT2D eigenvalue weighted by atomic mass is 35.5. The number of hydrogen-bond acceptors (Lipinski definition) is 2. The molecular weight excluding hydrogens is 322 g/mol. The van der Waals surface area contributed by atoms with Crippen molar-refractivity contribution in [2.45, 2.75) is 19.9 Å². The summed E-state index contributed by atoms with van der Waals surface area (Å²) >= 11 is 5.95. The smallest absolute Gasteiger partial charge is 0.307 e. The summed E-state index contributed by atoms with van der Waals surface area (Å²) in [5, 5.41) is 5.59. The molecule has 0 aliphatic carbocycles. The summed E-state index contributed by atoms with van der Waals surface area (Å²) in [5.74, 6) is 0. The molecule has 1 N–H and O–H groups in total. The lowest BCUT2D eigenvalue weighted by atomic mass is 10.1. The maximum absolute atomic E-state index is 12.8. The van der Waals surface area contributed by atoms with Crippen LogP contribution >= 0.6 is 11.6 Å². The van der Waals surface area contributed by atoms with Gasteiger partial charge < -0.3 is 5.32 Å². The third-order valence-electron chi connectivity index (χ3n) is 3.76. The molecule has 3 rings (SSSR count). The van der Waals surface area contributed by atoms with Gasteiger partial charge in [0.2, 0.25) is 0 Å². The molecule has 0 spiro atoms. The van der Waals surface area contributed by atoms with Crippen LogP contribution in [0.3, 0.4) is 0 Å². The molecule has 0 saturated carbocycles. The topological polar surface area (TPSA) is 45.2 Å². The van der Waals surface area contributed by atoms with E-state index in [1.807, 2.05) is 50.2 Å². The van der Waals surface area contributed by atoms with E-state index < -0.39 is 0 Å². The Labute approximate surface area is 146 Å². The SMILES string of the molecule is CC(C)N(C(=O)Nc1cccc2cnccc12)c1ccc(Cl)cc1. The zero-order chi connectivity index (χ0) is 17.1. The molecule has 0 fully saturated rings. The number of rotatable bonds is 3. The molecule has 1 heterocycles. The first kappa shape index (κ1) is 16.3. The normalized spacial score (nSPS) is 10.8. The second kappa shape index (κ2) is 6.89. The summed E-state index contributed by atoms with van der Waals surface area (Å²) in [6.45, 7) is 3.95. The van der Waals surface area contributed by atoms with Gasteiger partial charge in [-0.15, -0.1) is 0 Å². The third kappa shape index (κ3) is 3.34. The Morgan fingerprint density at radius 2 is 1.88 bits per heavy atom. The van der Waals surface area contributed by atoms with Crippen LogP contribution in [0.2, 0.25) is 5.02 Å². The highest BCUT2D eigenvalue weighted by Crippen LogP contribution is 2.25. The van der Waals surface area contributed by atoms with E-state index in [1.165, 1.54) is 0 Å². The minimum atomic E-state index is -0.184. The number of halogens is 1. The van der Waals surface area contributed by atoms with Crippen molar-refractivity contribution in [3.8, 4) is 0 Å². The molecule has 0 aliphatic heterocycles. The summed E-state index contributed by atoms with van der Waals surface area (Å²) in [4.78, 5) is 18.7. The van der Waals surface area contributed by atoms with Crippen LogP contribution in [0.25, 0.3) is 10.8 Å². The van der Waals surface area contributed by atoms with Gasteiger partial charge >= 0.3 is 6.03 Å². The number of hydrogen-bond donors (Lipinski definition) is 1. The fraction of sp³-hybridized carbons (Fsp3) is 0.158. The van der Waals surface area contributed by atoms with Crippen molar-refractivity contribution >= 4 is 39.8 Å². The van der Waals surface area contributed by atoms with Gasteiger partial charge in [-0.2, -0.15) is 0 Å². The van der Waals surface area contributed by atoms with Gasteiger partial charge in [-0.1, -0.05) is 23.7 Å². The van der Waals surface area contributed by atoms with E-state index in [0.717, 1.165) is 22.1 Å². The summed E-state index contributed by atoms with van der Waals surface area (Å²) in [6.07, 6.45) is 3.50. The predicted octanol–water partition coefficient (Wildman–Crippen LogP) is 5.34. The molecule has 122 valence electrons. The Morgan fingerprint density at radius 3 is 2.58 bits per heavy atom. The van der Waals surface area contributed by atoms with Crippen LogP contribution in [-0.4, -0.2) is 17.1 Å². The lowest BCUT2D eigenvalue weighted by molar-refractivity contribution is 0.255. The zero-order valence-electron chi connectivity index (χ0n) is 13.5. The molecule has 0 aliphatic rings. The maximum Gasteiger partial charge on any atom is 0.326 e. The molecule has 1 aromatic heterocycles. The van der Waals surface area contributed by atoms with E-state index >= 15 is 0 Å². The summed E-state index contributed by atoms with van der Waals surface area (Å²) < 4.78 is 0. The minimum absolute atomic E-state index is 0.00261. The van der Waals surface area contributed by atoms with Gasteiger partial charge in [0.25, 0.3) is 0 Å². The van der Waals surface area contributed by atoms with Crippen LogP contribution in [0.5, 0.6) is 0 Å². The second-order valence-corrected chi connectivity index (χ2v) is 6.21. The summed E-state index contributed by atoms with van der Waals surface area (Å²) in [5.41, 5.74) is 1.56. The average Bonchev–Trinajstić information content (AvgIpc) is 2.57. The number of aromatic nitrogens is 1. The van der Waals surface area contributed by atoms with Crippen LogP contribution in [0.1, 0.15) is 13.8 Å². The molecule has 24 heavy (non-hydrogen) atoms. The van der Waals surface area contributed by atoms with Crippen LogP contribution in [0.15, 0.2) is 60.9 Å². The molecule has 2 amide bonds. The molecule has 2 aromatic carbocycles. The maximum atomic E-state index is 12.8. The Bertz CT molecular complexity index is 857. The van der Waals surface area contributed by atoms with Gasteiger partial charge in [0.1, 0.15) is 0 Å². The third-order valence-corrected chi connectivity index (χ3v) is 4.01. The molecule has 4 nitrogen and oxygen atoms in total. The highest BCUT2D eigenvalue weighted by Gasteiger charge is 2.19. The number of urea groups is 1. The van der Waals surface area contributed by atoms with Gasteiger partial charge in [0.05, 0.1) is 5.69 Å². The molecule has 3 aromatic rings. The number of nitrogens with zero attached hydrogens (tertiary/aromatic N) is 2. The fourth-order valence-corrected chi connectivity index (χ4v) is 2.78. The summed E-state index contributed by atoms with van der Waals surface area (Å²) in [6, 6.07) is 14.7. The minimum Gasteiger partial charge on any atom is -0.307 e. The van der Waals surface area contributed by atoms with Crippen molar-refractivity contribution in [1.29, 1.82) is 0 Å². The largest absolute Gasteiger partial charge is 0.326 e. The molecule has 0 bridgehead atoms. The van der Waals surface area contributed by atoms with Gasteiger partial charge in [0, 0.05) is 39.9 Å². The number of anilines is 2. The van der Waals surface area contributed by atoms with Crippen molar-refractivity contribution < 1.29 is 4.79 Å². The lowest BCUT2D eigenvalue weighted by Crippen LogP contribution is -2.40. The average molecular weight is 340 g/mol. The Morgan fingerprint density at radius 1 is 1.12 bits per heavy atom. The van der Waals surface area contributed by atoms with Crippen LogP contribution < -0.4 is 10.2 Å². The molecule has 0 atom stereocenters. The fourth-order valence-electron chi connectivity index (χ4n) is 2.66. The van der Waals surface area contributed by atoms with E-state index in [4.69, 9.17) is 11.6 Å². The summed E-state index contributed by atoms with van der Waals surface area (Å²) in [7, 11) is 0. The molecule has 0 saturated heterocycles. The van der Waals surface area contributed by atoms with Crippen molar-refractivity contribution in [3.05, 3.63) is 65.9 Å². The Hall–Kier alpha value is -2.59. The lowest BCUT2D eigenvalue weighted by Gasteiger charge is -2.27. The van der Waals surface area contributed by atoms with Crippen LogP contribution in [0.4, 0.5) is 16.2 Å². The van der Waals surface area contributed by atoms with Crippen LogP contribution in [0, 0.1) is 0 Å². The molecular formula is C19H18ClN3O. The van der Waals surface area contributed by atoms with Crippen molar-refractivity contribution in [2.24, 2.45) is 0 Å². The first-order chi connectivity index (χ1) is 11.6. The molecule has 5 heteroatoms. The van der Waals surface area contributed by atoms with E-state index in [0.29, 0.717) is 5.02 Å². The van der Waals surface area contributed by atoms with E-state index in [9.17, 15) is 4.79 Å². The number of nitrogens with one attached hydrogen (secondary N) is 1. The number of carbonyl (C=O) groups is 1. The number of carbonyl (C=O) groups excluding carboxylic acids is 1. The first-order valence-corrected chi connectivity index (χ1v) is 8.12. The van der Waals surface area contributed by atoms with Crippen molar-refractivity contribution in [1.82, 2.24) is 4.98 Å². The van der Waals surface area contributed by atoms with Gasteiger partial charge in [-0.3, -0.25) is 9.88 Å². The van der Waals surface area contributed by atoms with Crippen molar-refractivity contribution in [2.75, 3.05) is 10.2 Å². The first-order valence-electron chi connectivity index (χ1n) is 7.75. The van der Waals surface area contributed by atoms with Crippen LogP contribution in [-0.2, 0) is 0 Å². The van der Waals surface area contributed by atoms with E-state index in [1.54, 1.807) is 29.4 Å². The molecule has 0 radical (unpaired) electrons. The zero-order valence-corrected chi connectivity index (χ0v) is 14.3. The number of fused-ring (bicyclic) bond motifs is 1. The van der Waals surface area contributed by atoms with Gasteiger partial charge in [0.15, 0.2) is 0 Å². The predicted molar refractivity (Wildman–Crippen MR) is 99.8 cm³/mol. The second-order valence-electron chi connectivity index (χ2n) is 5.77. The highest BCUT2D eigenvalue weighted by molar-refractivity contribution is 6.30. The monoisotopic (exact) mass is 339 g/mol. The number of benzene rings is 2. The van der Waals surface area contributed by atoms with Gasteiger partial charge in [-0.25, -0.2) is 4.79 Å².